The van der Waals surface area contributed by atoms with Gasteiger partial charge in [-0.15, -0.1) is 0 Å². The number of carbonyl (C=O) groups excluding carboxylic acids is 1. The molecule has 0 fully saturated rings. The van der Waals surface area contributed by atoms with Crippen molar-refractivity contribution in [1.29, 1.82) is 0 Å². The summed E-state index contributed by atoms with van der Waals surface area (Å²) in [6, 6.07) is 10.3. The Bertz CT molecular complexity index is 634. The first-order valence-electron chi connectivity index (χ1n) is 5.85. The summed E-state index contributed by atoms with van der Waals surface area (Å²) in [5, 5.41) is 11.7. The van der Waals surface area contributed by atoms with Gasteiger partial charge in [0.15, 0.2) is 0 Å². The van der Waals surface area contributed by atoms with E-state index >= 15 is 0 Å². The zero-order valence-corrected chi connectivity index (χ0v) is 10.2. The van der Waals surface area contributed by atoms with Gasteiger partial charge in [-0.25, -0.2) is 0 Å². The lowest BCUT2D eigenvalue weighted by atomic mass is 10.1. The normalized spacial score (nSPS) is 10.2. The molecule has 0 aliphatic rings. The lowest BCUT2D eigenvalue weighted by Crippen LogP contribution is -2.28. The number of hydrogen-bond acceptors (Lipinski definition) is 3. The van der Waals surface area contributed by atoms with Crippen molar-refractivity contribution in [1.82, 2.24) is 10.3 Å². The van der Waals surface area contributed by atoms with Crippen LogP contribution in [0, 0.1) is 0 Å². The van der Waals surface area contributed by atoms with Gasteiger partial charge in [-0.05, 0) is 23.3 Å². The molecule has 2 aromatic rings. The van der Waals surface area contributed by atoms with Gasteiger partial charge >= 0.3 is 0 Å². The van der Waals surface area contributed by atoms with E-state index in [0.717, 1.165) is 11.1 Å². The van der Waals surface area contributed by atoms with Crippen LogP contribution in [-0.2, 0) is 13.2 Å². The molecular formula is C14H14N2O3. The highest BCUT2D eigenvalue weighted by Gasteiger charge is 2.08. The van der Waals surface area contributed by atoms with Gasteiger partial charge in [-0.1, -0.05) is 24.3 Å². The Labute approximate surface area is 109 Å². The van der Waals surface area contributed by atoms with Gasteiger partial charge in [0, 0.05) is 12.7 Å². The number of pyridine rings is 1. The van der Waals surface area contributed by atoms with Crippen LogP contribution in [0.25, 0.3) is 0 Å². The number of aromatic amines is 1. The second-order valence-electron chi connectivity index (χ2n) is 4.07. The molecule has 0 atom stereocenters. The fourth-order valence-corrected chi connectivity index (χ4v) is 1.72. The van der Waals surface area contributed by atoms with E-state index in [1.54, 1.807) is 18.2 Å². The van der Waals surface area contributed by atoms with E-state index < -0.39 is 11.5 Å². The molecule has 19 heavy (non-hydrogen) atoms. The summed E-state index contributed by atoms with van der Waals surface area (Å²) in [6.07, 6.45) is 1.48. The second kappa shape index (κ2) is 5.97. The Morgan fingerprint density at radius 3 is 2.74 bits per heavy atom. The van der Waals surface area contributed by atoms with Gasteiger partial charge in [-0.2, -0.15) is 0 Å². The van der Waals surface area contributed by atoms with Crippen molar-refractivity contribution in [2.75, 3.05) is 0 Å². The molecule has 1 heterocycles. The molecule has 5 heteroatoms. The van der Waals surface area contributed by atoms with E-state index in [2.05, 4.69) is 10.3 Å². The molecule has 3 N–H and O–H groups in total. The van der Waals surface area contributed by atoms with Gasteiger partial charge < -0.3 is 15.4 Å². The summed E-state index contributed by atoms with van der Waals surface area (Å²) in [4.78, 5) is 25.7. The highest BCUT2D eigenvalue weighted by Crippen LogP contribution is 2.05. The summed E-state index contributed by atoms with van der Waals surface area (Å²) in [5.74, 6) is -0.420. The molecule has 0 saturated carbocycles. The van der Waals surface area contributed by atoms with Crippen molar-refractivity contribution in [2.24, 2.45) is 0 Å². The summed E-state index contributed by atoms with van der Waals surface area (Å²) < 4.78 is 0. The first kappa shape index (κ1) is 13.0. The molecule has 1 aromatic heterocycles. The van der Waals surface area contributed by atoms with Crippen molar-refractivity contribution in [2.45, 2.75) is 13.2 Å². The minimum absolute atomic E-state index is 0.0415. The summed E-state index contributed by atoms with van der Waals surface area (Å²) in [5.41, 5.74) is 1.32. The zero-order chi connectivity index (χ0) is 13.7. The number of amides is 1. The highest BCUT2D eigenvalue weighted by atomic mass is 16.3. The van der Waals surface area contributed by atoms with Crippen LogP contribution in [0.15, 0.2) is 47.4 Å². The molecule has 1 amide bonds. The summed E-state index contributed by atoms with van der Waals surface area (Å²) >= 11 is 0. The van der Waals surface area contributed by atoms with Crippen molar-refractivity contribution >= 4 is 5.91 Å². The van der Waals surface area contributed by atoms with E-state index in [9.17, 15) is 9.59 Å². The number of carbonyl (C=O) groups is 1. The van der Waals surface area contributed by atoms with Crippen molar-refractivity contribution in [3.05, 3.63) is 69.6 Å². The minimum Gasteiger partial charge on any atom is -0.392 e. The first-order valence-corrected chi connectivity index (χ1v) is 5.85. The van der Waals surface area contributed by atoms with Crippen LogP contribution in [0.2, 0.25) is 0 Å². The molecule has 0 spiro atoms. The van der Waals surface area contributed by atoms with Crippen molar-refractivity contribution < 1.29 is 9.90 Å². The van der Waals surface area contributed by atoms with E-state index in [0.29, 0.717) is 6.54 Å². The third kappa shape index (κ3) is 3.29. The van der Waals surface area contributed by atoms with Gasteiger partial charge in [0.25, 0.3) is 11.5 Å². The van der Waals surface area contributed by atoms with E-state index in [1.807, 2.05) is 12.1 Å². The molecule has 0 aliphatic carbocycles. The molecule has 0 bridgehead atoms. The van der Waals surface area contributed by atoms with E-state index in [4.69, 9.17) is 5.11 Å². The third-order valence-corrected chi connectivity index (χ3v) is 2.69. The number of hydrogen-bond donors (Lipinski definition) is 3. The second-order valence-corrected chi connectivity index (χ2v) is 4.07. The number of aliphatic hydroxyl groups excluding tert-OH is 1. The lowest BCUT2D eigenvalue weighted by molar-refractivity contribution is 0.0949. The molecular weight excluding hydrogens is 244 g/mol. The molecule has 2 rings (SSSR count). The Morgan fingerprint density at radius 2 is 2.00 bits per heavy atom. The smallest absolute Gasteiger partial charge is 0.260 e. The van der Waals surface area contributed by atoms with Gasteiger partial charge in [0.05, 0.1) is 6.61 Å². The fourth-order valence-electron chi connectivity index (χ4n) is 1.72. The van der Waals surface area contributed by atoms with Crippen LogP contribution in [0.3, 0.4) is 0 Å². The quantitative estimate of drug-likeness (QED) is 0.758. The maximum absolute atomic E-state index is 11.8. The van der Waals surface area contributed by atoms with Crippen LogP contribution in [0.1, 0.15) is 21.5 Å². The minimum atomic E-state index is -0.420. The summed E-state index contributed by atoms with van der Waals surface area (Å²) in [6.45, 7) is 0.265. The monoisotopic (exact) mass is 258 g/mol. The Morgan fingerprint density at radius 1 is 1.21 bits per heavy atom. The molecule has 0 unspecified atom stereocenters. The topological polar surface area (TPSA) is 82.2 Å². The van der Waals surface area contributed by atoms with E-state index in [1.165, 1.54) is 12.3 Å². The average molecular weight is 258 g/mol. The molecule has 5 nitrogen and oxygen atoms in total. The first-order chi connectivity index (χ1) is 9.20. The Kier molecular flexibility index (Phi) is 4.10. The molecule has 1 aromatic carbocycles. The van der Waals surface area contributed by atoms with Gasteiger partial charge in [-0.3, -0.25) is 9.59 Å². The van der Waals surface area contributed by atoms with Gasteiger partial charge in [0.1, 0.15) is 5.56 Å². The zero-order valence-electron chi connectivity index (χ0n) is 10.2. The number of aliphatic hydroxyl groups is 1. The fraction of sp³-hybridized carbons (Fsp3) is 0.143. The Balaban J connectivity index is 2.04. The standard InChI is InChI=1S/C14H14N2O3/c17-9-11-4-1-3-10(7-11)8-16-14(19)12-5-2-6-15-13(12)18/h1-7,17H,8-9H2,(H,15,18)(H,16,19). The highest BCUT2D eigenvalue weighted by molar-refractivity contribution is 5.93. The number of H-pyrrole nitrogens is 1. The molecule has 0 radical (unpaired) electrons. The van der Waals surface area contributed by atoms with Crippen LogP contribution < -0.4 is 10.9 Å². The van der Waals surface area contributed by atoms with Crippen LogP contribution >= 0.6 is 0 Å². The van der Waals surface area contributed by atoms with Crippen LogP contribution in [0.5, 0.6) is 0 Å². The number of benzene rings is 1. The molecule has 98 valence electrons. The van der Waals surface area contributed by atoms with Crippen molar-refractivity contribution in [3.8, 4) is 0 Å². The Hall–Kier alpha value is -2.40. The SMILES string of the molecule is O=C(NCc1cccc(CO)c1)c1ccc[nH]c1=O. The third-order valence-electron chi connectivity index (χ3n) is 2.69. The summed E-state index contributed by atoms with van der Waals surface area (Å²) in [7, 11) is 0. The average Bonchev–Trinajstić information content (AvgIpc) is 2.45. The maximum atomic E-state index is 11.8. The number of rotatable bonds is 4. The number of aromatic nitrogens is 1. The lowest BCUT2D eigenvalue weighted by Gasteiger charge is -2.06. The molecule has 0 aliphatic heterocycles. The number of nitrogens with one attached hydrogen (secondary N) is 2. The maximum Gasteiger partial charge on any atom is 0.260 e. The van der Waals surface area contributed by atoms with E-state index in [-0.39, 0.29) is 12.2 Å². The predicted octanol–water partition coefficient (Wildman–Crippen LogP) is 0.797. The predicted molar refractivity (Wildman–Crippen MR) is 70.6 cm³/mol. The molecule has 0 saturated heterocycles. The van der Waals surface area contributed by atoms with Gasteiger partial charge in [0.2, 0.25) is 0 Å². The van der Waals surface area contributed by atoms with Crippen LogP contribution in [-0.4, -0.2) is 16.0 Å². The largest absolute Gasteiger partial charge is 0.392 e. The van der Waals surface area contributed by atoms with Crippen molar-refractivity contribution in [3.63, 3.8) is 0 Å². The van der Waals surface area contributed by atoms with Crippen LogP contribution in [0.4, 0.5) is 0 Å².